The molecule has 2 N–H and O–H groups in total. The van der Waals surface area contributed by atoms with Gasteiger partial charge in [-0.25, -0.2) is 4.98 Å². The van der Waals surface area contributed by atoms with Gasteiger partial charge in [0, 0.05) is 23.1 Å². The standard InChI is InChI=1S/C17H22N2OS/c1-11-7-12(2)19-17(8-11)21-10-15-9-14(13(3)18)5-6-16(15)20-4/h5-9,13H,10,18H2,1-4H3. The Morgan fingerprint density at radius 1 is 1.24 bits per heavy atom. The van der Waals surface area contributed by atoms with Crippen LogP contribution in [0.3, 0.4) is 0 Å². The molecule has 21 heavy (non-hydrogen) atoms. The molecule has 0 saturated carbocycles. The summed E-state index contributed by atoms with van der Waals surface area (Å²) in [6.07, 6.45) is 0. The van der Waals surface area contributed by atoms with Crippen molar-refractivity contribution in [2.75, 3.05) is 7.11 Å². The van der Waals surface area contributed by atoms with E-state index in [0.717, 1.165) is 33.3 Å². The monoisotopic (exact) mass is 302 g/mol. The van der Waals surface area contributed by atoms with Gasteiger partial charge in [0.2, 0.25) is 0 Å². The number of hydrogen-bond acceptors (Lipinski definition) is 4. The normalized spacial score (nSPS) is 12.2. The van der Waals surface area contributed by atoms with Gasteiger partial charge in [0.25, 0.3) is 0 Å². The maximum atomic E-state index is 5.96. The largest absolute Gasteiger partial charge is 0.496 e. The molecule has 1 atom stereocenters. The molecule has 1 heterocycles. The second-order valence-corrected chi connectivity index (χ2v) is 6.27. The van der Waals surface area contributed by atoms with Crippen molar-refractivity contribution < 1.29 is 4.74 Å². The van der Waals surface area contributed by atoms with Crippen molar-refractivity contribution in [3.8, 4) is 5.75 Å². The number of methoxy groups -OCH3 is 1. The van der Waals surface area contributed by atoms with Crippen molar-refractivity contribution in [3.63, 3.8) is 0 Å². The van der Waals surface area contributed by atoms with Gasteiger partial charge in [0.05, 0.1) is 12.1 Å². The molecule has 2 rings (SSSR count). The van der Waals surface area contributed by atoms with E-state index in [-0.39, 0.29) is 6.04 Å². The number of hydrogen-bond donors (Lipinski definition) is 1. The predicted molar refractivity (Wildman–Crippen MR) is 88.9 cm³/mol. The van der Waals surface area contributed by atoms with Crippen LogP contribution in [0.25, 0.3) is 0 Å². The lowest BCUT2D eigenvalue weighted by molar-refractivity contribution is 0.411. The maximum absolute atomic E-state index is 5.96. The van der Waals surface area contributed by atoms with Crippen LogP contribution >= 0.6 is 11.8 Å². The Labute approximate surface area is 130 Å². The van der Waals surface area contributed by atoms with Crippen molar-refractivity contribution >= 4 is 11.8 Å². The Morgan fingerprint density at radius 2 is 2.00 bits per heavy atom. The molecule has 0 aliphatic rings. The number of nitrogens with two attached hydrogens (primary N) is 1. The highest BCUT2D eigenvalue weighted by Crippen LogP contribution is 2.29. The lowest BCUT2D eigenvalue weighted by Crippen LogP contribution is -2.05. The lowest BCUT2D eigenvalue weighted by Gasteiger charge is -2.12. The second-order valence-electron chi connectivity index (χ2n) is 5.27. The summed E-state index contributed by atoms with van der Waals surface area (Å²) < 4.78 is 5.44. The topological polar surface area (TPSA) is 48.1 Å². The Morgan fingerprint density at radius 3 is 2.62 bits per heavy atom. The predicted octanol–water partition coefficient (Wildman–Crippen LogP) is 4.02. The van der Waals surface area contributed by atoms with Crippen LogP contribution in [0.1, 0.15) is 35.3 Å². The average Bonchev–Trinajstić information content (AvgIpc) is 2.43. The Hall–Kier alpha value is -1.52. The van der Waals surface area contributed by atoms with E-state index >= 15 is 0 Å². The van der Waals surface area contributed by atoms with E-state index < -0.39 is 0 Å². The van der Waals surface area contributed by atoms with Crippen LogP contribution in [0.2, 0.25) is 0 Å². The van der Waals surface area contributed by atoms with Crippen molar-refractivity contribution in [3.05, 3.63) is 52.7 Å². The minimum atomic E-state index is 0.0268. The number of pyridine rings is 1. The van der Waals surface area contributed by atoms with Crippen LogP contribution in [0.5, 0.6) is 5.75 Å². The molecule has 3 nitrogen and oxygen atoms in total. The molecule has 0 bridgehead atoms. The molecular formula is C17H22N2OS. The summed E-state index contributed by atoms with van der Waals surface area (Å²) in [7, 11) is 1.70. The van der Waals surface area contributed by atoms with Crippen LogP contribution in [0.4, 0.5) is 0 Å². The summed E-state index contributed by atoms with van der Waals surface area (Å²) in [6, 6.07) is 10.4. The molecule has 0 radical (unpaired) electrons. The molecule has 4 heteroatoms. The van der Waals surface area contributed by atoms with Gasteiger partial charge >= 0.3 is 0 Å². The first-order valence-corrected chi connectivity index (χ1v) is 7.98. The third-order valence-electron chi connectivity index (χ3n) is 3.28. The Bertz CT molecular complexity index is 606. The van der Waals surface area contributed by atoms with Crippen LogP contribution < -0.4 is 10.5 Å². The summed E-state index contributed by atoms with van der Waals surface area (Å²) in [4.78, 5) is 4.56. The number of aromatic nitrogens is 1. The number of ether oxygens (including phenoxy) is 1. The third-order valence-corrected chi connectivity index (χ3v) is 4.24. The summed E-state index contributed by atoms with van der Waals surface area (Å²) in [5.74, 6) is 1.72. The second kappa shape index (κ2) is 6.96. The molecule has 0 spiro atoms. The van der Waals surface area contributed by atoms with Gasteiger partial charge in [-0.3, -0.25) is 0 Å². The number of nitrogens with zero attached hydrogens (tertiary/aromatic N) is 1. The van der Waals surface area contributed by atoms with E-state index in [2.05, 4.69) is 30.1 Å². The number of rotatable bonds is 5. The van der Waals surface area contributed by atoms with Crippen molar-refractivity contribution in [1.82, 2.24) is 4.98 Å². The molecule has 0 saturated heterocycles. The van der Waals surface area contributed by atoms with Gasteiger partial charge in [0.15, 0.2) is 0 Å². The van der Waals surface area contributed by atoms with E-state index in [4.69, 9.17) is 10.5 Å². The Balaban J connectivity index is 2.20. The first-order valence-electron chi connectivity index (χ1n) is 7.00. The highest BCUT2D eigenvalue weighted by atomic mass is 32.2. The van der Waals surface area contributed by atoms with Crippen LogP contribution in [-0.2, 0) is 5.75 Å². The molecule has 2 aromatic rings. The van der Waals surface area contributed by atoms with Crippen molar-refractivity contribution in [1.29, 1.82) is 0 Å². The molecule has 0 fully saturated rings. The minimum absolute atomic E-state index is 0.0268. The Kier molecular flexibility index (Phi) is 5.26. The molecule has 1 aromatic heterocycles. The number of benzene rings is 1. The van der Waals surface area contributed by atoms with Gasteiger partial charge in [-0.05, 0) is 56.2 Å². The lowest BCUT2D eigenvalue weighted by atomic mass is 10.1. The van der Waals surface area contributed by atoms with Gasteiger partial charge < -0.3 is 10.5 Å². The molecule has 112 valence electrons. The van der Waals surface area contributed by atoms with Gasteiger partial charge in [-0.1, -0.05) is 6.07 Å². The smallest absolute Gasteiger partial charge is 0.122 e. The van der Waals surface area contributed by atoms with Crippen molar-refractivity contribution in [2.45, 2.75) is 37.6 Å². The van der Waals surface area contributed by atoms with Gasteiger partial charge in [-0.2, -0.15) is 0 Å². The molecular weight excluding hydrogens is 280 g/mol. The zero-order valence-corrected chi connectivity index (χ0v) is 13.8. The summed E-state index contributed by atoms with van der Waals surface area (Å²) in [5.41, 5.74) is 10.5. The zero-order chi connectivity index (χ0) is 15.4. The molecule has 1 aromatic carbocycles. The molecule has 1 unspecified atom stereocenters. The summed E-state index contributed by atoms with van der Waals surface area (Å²) >= 11 is 1.72. The van der Waals surface area contributed by atoms with Gasteiger partial charge in [0.1, 0.15) is 5.75 Å². The fourth-order valence-electron chi connectivity index (χ4n) is 2.22. The molecule has 0 amide bonds. The van der Waals surface area contributed by atoms with Crippen molar-refractivity contribution in [2.24, 2.45) is 5.73 Å². The molecule has 0 aliphatic heterocycles. The minimum Gasteiger partial charge on any atom is -0.496 e. The third kappa shape index (κ3) is 4.22. The highest BCUT2D eigenvalue weighted by molar-refractivity contribution is 7.98. The summed E-state index contributed by atoms with van der Waals surface area (Å²) in [5, 5.41) is 1.04. The quantitative estimate of drug-likeness (QED) is 0.848. The highest BCUT2D eigenvalue weighted by Gasteiger charge is 2.08. The fourth-order valence-corrected chi connectivity index (χ4v) is 3.23. The average molecular weight is 302 g/mol. The molecule has 0 aliphatic carbocycles. The van der Waals surface area contributed by atoms with E-state index in [1.165, 1.54) is 5.56 Å². The first-order chi connectivity index (χ1) is 9.99. The maximum Gasteiger partial charge on any atom is 0.122 e. The van der Waals surface area contributed by atoms with E-state index in [1.807, 2.05) is 26.0 Å². The first kappa shape index (κ1) is 15.9. The van der Waals surface area contributed by atoms with Crippen LogP contribution in [-0.4, -0.2) is 12.1 Å². The van der Waals surface area contributed by atoms with E-state index in [9.17, 15) is 0 Å². The fraction of sp³-hybridized carbons (Fsp3) is 0.353. The van der Waals surface area contributed by atoms with Gasteiger partial charge in [-0.15, -0.1) is 11.8 Å². The zero-order valence-electron chi connectivity index (χ0n) is 13.0. The summed E-state index contributed by atoms with van der Waals surface area (Å²) in [6.45, 7) is 6.11. The SMILES string of the molecule is COc1ccc(C(C)N)cc1CSc1cc(C)cc(C)n1. The number of aryl methyl sites for hydroxylation is 2. The number of thioether (sulfide) groups is 1. The van der Waals surface area contributed by atoms with Crippen LogP contribution in [0, 0.1) is 13.8 Å². The van der Waals surface area contributed by atoms with E-state index in [0.29, 0.717) is 0 Å². The van der Waals surface area contributed by atoms with Crippen LogP contribution in [0.15, 0.2) is 35.4 Å². The van der Waals surface area contributed by atoms with E-state index in [1.54, 1.807) is 18.9 Å².